The second kappa shape index (κ2) is 7.48. The van der Waals surface area contributed by atoms with E-state index in [1.807, 2.05) is 12.3 Å². The maximum Gasteiger partial charge on any atom is 0.276 e. The number of hydrogen-bond acceptors (Lipinski definition) is 6. The number of amides is 1. The van der Waals surface area contributed by atoms with E-state index in [0.717, 1.165) is 17.7 Å². The Morgan fingerprint density at radius 2 is 1.96 bits per heavy atom. The van der Waals surface area contributed by atoms with Gasteiger partial charge >= 0.3 is 0 Å². The maximum atomic E-state index is 12.8. The Hall–Kier alpha value is -2.52. The average molecular weight is 418 g/mol. The summed E-state index contributed by atoms with van der Waals surface area (Å²) < 4.78 is 33.5. The summed E-state index contributed by atoms with van der Waals surface area (Å²) in [5.41, 5.74) is 1.01. The summed E-state index contributed by atoms with van der Waals surface area (Å²) in [7, 11) is -3.82. The zero-order chi connectivity index (χ0) is 19.7. The third-order valence-corrected chi connectivity index (χ3v) is 6.77. The van der Waals surface area contributed by atoms with Gasteiger partial charge in [0.2, 0.25) is 0 Å². The van der Waals surface area contributed by atoms with E-state index in [0.29, 0.717) is 29.7 Å². The Morgan fingerprint density at radius 3 is 2.71 bits per heavy atom. The van der Waals surface area contributed by atoms with E-state index in [1.165, 1.54) is 30.0 Å². The topological polar surface area (TPSA) is 92.5 Å². The van der Waals surface area contributed by atoms with Crippen LogP contribution < -0.4 is 4.72 Å². The second-order valence-corrected chi connectivity index (χ2v) is 9.09. The number of nitrogens with one attached hydrogen (secondary N) is 1. The van der Waals surface area contributed by atoms with Crippen molar-refractivity contribution in [2.75, 3.05) is 24.1 Å². The zero-order valence-corrected chi connectivity index (χ0v) is 16.8. The molecule has 2 aromatic carbocycles. The molecule has 1 fully saturated rings. The molecule has 28 heavy (non-hydrogen) atoms. The van der Waals surface area contributed by atoms with Gasteiger partial charge < -0.3 is 9.42 Å². The number of benzene rings is 2. The fourth-order valence-electron chi connectivity index (χ4n) is 3.21. The van der Waals surface area contributed by atoms with Crippen molar-refractivity contribution in [1.29, 1.82) is 0 Å². The van der Waals surface area contributed by atoms with Crippen molar-refractivity contribution in [3.8, 4) is 0 Å². The predicted octanol–water partition coefficient (Wildman–Crippen LogP) is 3.59. The van der Waals surface area contributed by atoms with Crippen LogP contribution in [0, 0.1) is 0 Å². The Kier molecular flexibility index (Phi) is 5.03. The first-order valence-electron chi connectivity index (χ1n) is 8.83. The minimum absolute atomic E-state index is 0.0493. The number of thioether (sulfide) groups is 1. The van der Waals surface area contributed by atoms with Gasteiger partial charge in [-0.3, -0.25) is 9.52 Å². The second-order valence-electron chi connectivity index (χ2n) is 6.53. The number of carbonyl (C=O) groups excluding carboxylic acids is 1. The Balaban J connectivity index is 1.68. The molecule has 0 spiro atoms. The third-order valence-electron chi connectivity index (χ3n) is 4.67. The average Bonchev–Trinajstić information content (AvgIpc) is 3.37. The molecule has 0 unspecified atom stereocenters. The summed E-state index contributed by atoms with van der Waals surface area (Å²) >= 11 is 1.53. The van der Waals surface area contributed by atoms with Gasteiger partial charge in [0.25, 0.3) is 15.9 Å². The monoisotopic (exact) mass is 417 g/mol. The molecule has 9 heteroatoms. The number of hydrogen-bond donors (Lipinski definition) is 1. The standard InChI is InChI=1S/C19H19N3O4S2/c1-27-14-6-4-5-13(11-14)21-28(24,25)15-7-8-17-16(12-15)18(20-26-17)19(23)22-9-2-3-10-22/h4-8,11-12,21H,2-3,9-10H2,1H3. The molecule has 1 aliphatic rings. The number of anilines is 1. The number of aromatic nitrogens is 1. The lowest BCUT2D eigenvalue weighted by atomic mass is 10.2. The molecule has 1 aliphatic heterocycles. The lowest BCUT2D eigenvalue weighted by molar-refractivity contribution is 0.0784. The summed E-state index contributed by atoms with van der Waals surface area (Å²) in [4.78, 5) is 15.4. The van der Waals surface area contributed by atoms with Gasteiger partial charge in [0.15, 0.2) is 11.3 Å². The summed E-state index contributed by atoms with van der Waals surface area (Å²) in [5.74, 6) is -0.230. The van der Waals surface area contributed by atoms with Crippen LogP contribution in [0.5, 0.6) is 0 Å². The number of carbonyl (C=O) groups is 1. The van der Waals surface area contributed by atoms with E-state index in [4.69, 9.17) is 4.52 Å². The first-order valence-corrected chi connectivity index (χ1v) is 11.5. The summed E-state index contributed by atoms with van der Waals surface area (Å²) in [6.07, 6.45) is 3.84. The third kappa shape index (κ3) is 3.59. The van der Waals surface area contributed by atoms with Crippen molar-refractivity contribution < 1.29 is 17.7 Å². The molecule has 0 saturated carbocycles. The Morgan fingerprint density at radius 1 is 1.18 bits per heavy atom. The fourth-order valence-corrected chi connectivity index (χ4v) is 4.74. The van der Waals surface area contributed by atoms with Gasteiger partial charge in [-0.2, -0.15) is 0 Å². The van der Waals surface area contributed by atoms with Crippen molar-refractivity contribution in [1.82, 2.24) is 10.1 Å². The largest absolute Gasteiger partial charge is 0.355 e. The smallest absolute Gasteiger partial charge is 0.276 e. The molecular weight excluding hydrogens is 398 g/mol. The van der Waals surface area contributed by atoms with Gasteiger partial charge in [-0.05, 0) is 55.5 Å². The van der Waals surface area contributed by atoms with Crippen molar-refractivity contribution in [3.05, 3.63) is 48.2 Å². The van der Waals surface area contributed by atoms with Gasteiger partial charge in [0.1, 0.15) is 0 Å². The quantitative estimate of drug-likeness (QED) is 0.638. The zero-order valence-electron chi connectivity index (χ0n) is 15.2. The van der Waals surface area contributed by atoms with Crippen LogP contribution in [0.1, 0.15) is 23.3 Å². The molecule has 0 aliphatic carbocycles. The Labute approximate surface area is 167 Å². The van der Waals surface area contributed by atoms with E-state index in [-0.39, 0.29) is 16.5 Å². The molecule has 2 heterocycles. The minimum atomic E-state index is -3.82. The number of nitrogens with zero attached hydrogens (tertiary/aromatic N) is 2. The van der Waals surface area contributed by atoms with E-state index >= 15 is 0 Å². The molecule has 0 radical (unpaired) electrons. The van der Waals surface area contributed by atoms with Crippen LogP contribution >= 0.6 is 11.8 Å². The first-order chi connectivity index (χ1) is 13.5. The van der Waals surface area contributed by atoms with Crippen molar-refractivity contribution >= 4 is 44.3 Å². The molecule has 4 rings (SSSR count). The lowest BCUT2D eigenvalue weighted by Gasteiger charge is -2.13. The molecule has 0 bridgehead atoms. The molecule has 1 amide bonds. The van der Waals surface area contributed by atoms with Crippen LogP contribution in [0.2, 0.25) is 0 Å². The summed E-state index contributed by atoms with van der Waals surface area (Å²) in [6.45, 7) is 1.36. The van der Waals surface area contributed by atoms with Gasteiger partial charge in [-0.15, -0.1) is 11.8 Å². The molecular formula is C19H19N3O4S2. The van der Waals surface area contributed by atoms with Crippen LogP contribution in [0.25, 0.3) is 11.0 Å². The normalized spacial score (nSPS) is 14.5. The highest BCUT2D eigenvalue weighted by Gasteiger charge is 2.26. The highest BCUT2D eigenvalue weighted by Crippen LogP contribution is 2.26. The van der Waals surface area contributed by atoms with E-state index in [2.05, 4.69) is 9.88 Å². The Bertz CT molecular complexity index is 1140. The van der Waals surface area contributed by atoms with E-state index in [9.17, 15) is 13.2 Å². The van der Waals surface area contributed by atoms with E-state index < -0.39 is 10.0 Å². The molecule has 146 valence electrons. The van der Waals surface area contributed by atoms with Gasteiger partial charge in [0.05, 0.1) is 10.3 Å². The van der Waals surface area contributed by atoms with Crippen LogP contribution in [-0.4, -0.2) is 43.7 Å². The summed E-state index contributed by atoms with van der Waals surface area (Å²) in [5, 5.41) is 4.29. The SMILES string of the molecule is CSc1cccc(NS(=O)(=O)c2ccc3onc(C(=O)N4CCCC4)c3c2)c1. The fraction of sp³-hybridized carbons (Fsp3) is 0.263. The van der Waals surface area contributed by atoms with Gasteiger partial charge in [-0.25, -0.2) is 8.42 Å². The molecule has 1 N–H and O–H groups in total. The van der Waals surface area contributed by atoms with Crippen LogP contribution in [0.15, 0.2) is 56.8 Å². The van der Waals surface area contributed by atoms with Crippen molar-refractivity contribution in [3.63, 3.8) is 0 Å². The van der Waals surface area contributed by atoms with Gasteiger partial charge in [0, 0.05) is 23.7 Å². The number of likely N-dealkylation sites (tertiary alicyclic amines) is 1. The summed E-state index contributed by atoms with van der Waals surface area (Å²) in [6, 6.07) is 11.6. The van der Waals surface area contributed by atoms with Gasteiger partial charge in [-0.1, -0.05) is 11.2 Å². The van der Waals surface area contributed by atoms with Crippen LogP contribution in [-0.2, 0) is 10.0 Å². The molecule has 3 aromatic rings. The van der Waals surface area contributed by atoms with E-state index in [1.54, 1.807) is 23.1 Å². The minimum Gasteiger partial charge on any atom is -0.355 e. The highest BCUT2D eigenvalue weighted by atomic mass is 32.2. The van der Waals surface area contributed by atoms with Crippen molar-refractivity contribution in [2.45, 2.75) is 22.6 Å². The highest BCUT2D eigenvalue weighted by molar-refractivity contribution is 7.98. The lowest BCUT2D eigenvalue weighted by Crippen LogP contribution is -2.28. The number of fused-ring (bicyclic) bond motifs is 1. The molecule has 0 atom stereocenters. The molecule has 1 saturated heterocycles. The number of rotatable bonds is 5. The van der Waals surface area contributed by atoms with Crippen LogP contribution in [0.4, 0.5) is 5.69 Å². The molecule has 1 aromatic heterocycles. The number of sulfonamides is 1. The van der Waals surface area contributed by atoms with Crippen LogP contribution in [0.3, 0.4) is 0 Å². The van der Waals surface area contributed by atoms with Crippen molar-refractivity contribution in [2.24, 2.45) is 0 Å². The first kappa shape index (κ1) is 18.8. The molecule has 7 nitrogen and oxygen atoms in total. The predicted molar refractivity (Wildman–Crippen MR) is 108 cm³/mol. The maximum absolute atomic E-state index is 12.8.